The molecule has 2 heterocycles. The minimum absolute atomic E-state index is 0.0305. The molecule has 140 valence electrons. The molecule has 3 rings (SSSR count). The number of carbonyl (C=O) groups is 1. The van der Waals surface area contributed by atoms with Crippen LogP contribution in [0.1, 0.15) is 47.4 Å². The predicted octanol–water partition coefficient (Wildman–Crippen LogP) is 3.61. The number of hydrogen-bond donors (Lipinski definition) is 0. The zero-order valence-electron chi connectivity index (χ0n) is 16.3. The largest absolute Gasteiger partial charge is 0.304 e. The van der Waals surface area contributed by atoms with Gasteiger partial charge in [-0.2, -0.15) is 0 Å². The lowest BCUT2D eigenvalue weighted by Gasteiger charge is -2.32. The average molecular weight is 372 g/mol. The van der Waals surface area contributed by atoms with Crippen LogP contribution in [0.15, 0.2) is 29.6 Å². The van der Waals surface area contributed by atoms with E-state index in [4.69, 9.17) is 0 Å². The number of benzene rings is 1. The fourth-order valence-corrected chi connectivity index (χ4v) is 4.06. The summed E-state index contributed by atoms with van der Waals surface area (Å²) >= 11 is 1.58. The predicted molar refractivity (Wildman–Crippen MR) is 108 cm³/mol. The Hall–Kier alpha value is -1.56. The standard InChI is InChI=1S/C21H29N3OS/c1-21(2,3)19-15-26-20(22-19)13-18(25)17-7-5-16(6-8-17)14-24-11-9-23(4)10-12-24/h5-8,15H,9-14H2,1-4H3. The highest BCUT2D eigenvalue weighted by Gasteiger charge is 2.19. The van der Waals surface area contributed by atoms with E-state index in [1.807, 2.05) is 12.1 Å². The Morgan fingerprint density at radius 1 is 1.12 bits per heavy atom. The van der Waals surface area contributed by atoms with Gasteiger partial charge in [0.15, 0.2) is 5.78 Å². The van der Waals surface area contributed by atoms with Crippen molar-refractivity contribution in [2.24, 2.45) is 0 Å². The Kier molecular flexibility index (Phi) is 5.90. The number of aromatic nitrogens is 1. The van der Waals surface area contributed by atoms with E-state index >= 15 is 0 Å². The molecule has 0 aliphatic carbocycles. The highest BCUT2D eigenvalue weighted by atomic mass is 32.1. The Morgan fingerprint density at radius 3 is 2.35 bits per heavy atom. The van der Waals surface area contributed by atoms with Gasteiger partial charge in [0.2, 0.25) is 0 Å². The number of rotatable bonds is 5. The number of likely N-dealkylation sites (N-methyl/N-ethyl adjacent to an activating group) is 1. The summed E-state index contributed by atoms with van der Waals surface area (Å²) in [7, 11) is 2.17. The molecule has 0 radical (unpaired) electrons. The topological polar surface area (TPSA) is 36.4 Å². The van der Waals surface area contributed by atoms with E-state index < -0.39 is 0 Å². The third kappa shape index (κ3) is 5.00. The van der Waals surface area contributed by atoms with Crippen molar-refractivity contribution in [2.45, 2.75) is 39.2 Å². The molecule has 0 amide bonds. The molecule has 0 atom stereocenters. The van der Waals surface area contributed by atoms with Crippen molar-refractivity contribution in [1.29, 1.82) is 0 Å². The van der Waals surface area contributed by atoms with Gasteiger partial charge < -0.3 is 4.90 Å². The summed E-state index contributed by atoms with van der Waals surface area (Å²) in [6.45, 7) is 11.9. The third-order valence-electron chi connectivity index (χ3n) is 4.91. The number of ketones is 1. The molecule has 1 aromatic heterocycles. The van der Waals surface area contributed by atoms with Crippen LogP contribution < -0.4 is 0 Å². The minimum atomic E-state index is 0.0305. The molecule has 1 aliphatic rings. The van der Waals surface area contributed by atoms with Crippen molar-refractivity contribution in [2.75, 3.05) is 33.2 Å². The second-order valence-electron chi connectivity index (χ2n) is 8.25. The Morgan fingerprint density at radius 2 is 1.77 bits per heavy atom. The zero-order valence-corrected chi connectivity index (χ0v) is 17.1. The number of carbonyl (C=O) groups excluding carboxylic acids is 1. The molecule has 0 bridgehead atoms. The maximum atomic E-state index is 12.6. The quantitative estimate of drug-likeness (QED) is 0.752. The number of piperazine rings is 1. The van der Waals surface area contributed by atoms with Crippen molar-refractivity contribution in [3.8, 4) is 0 Å². The molecule has 2 aromatic rings. The summed E-state index contributed by atoms with van der Waals surface area (Å²) in [5.74, 6) is 0.144. The molecular weight excluding hydrogens is 342 g/mol. The molecule has 26 heavy (non-hydrogen) atoms. The van der Waals surface area contributed by atoms with Gasteiger partial charge in [0.05, 0.1) is 12.1 Å². The summed E-state index contributed by atoms with van der Waals surface area (Å²) in [4.78, 5) is 22.0. The lowest BCUT2D eigenvalue weighted by atomic mass is 9.93. The van der Waals surface area contributed by atoms with Gasteiger partial charge >= 0.3 is 0 Å². The second kappa shape index (κ2) is 7.99. The summed E-state index contributed by atoms with van der Waals surface area (Å²) in [5, 5.41) is 2.98. The van der Waals surface area contributed by atoms with Crippen molar-refractivity contribution in [3.63, 3.8) is 0 Å². The molecule has 5 heteroatoms. The first-order valence-corrected chi connectivity index (χ1v) is 10.2. The normalized spacial score (nSPS) is 16.8. The van der Waals surface area contributed by atoms with Crippen LogP contribution in [0.3, 0.4) is 0 Å². The number of Topliss-reactive ketones (excluding diaryl/α,β-unsaturated/α-hetero) is 1. The molecule has 0 N–H and O–H groups in total. The summed E-state index contributed by atoms with van der Waals surface area (Å²) in [6.07, 6.45) is 0.387. The zero-order chi connectivity index (χ0) is 18.7. The van der Waals surface area contributed by atoms with Crippen LogP contribution in [-0.2, 0) is 18.4 Å². The summed E-state index contributed by atoms with van der Waals surface area (Å²) in [5.41, 5.74) is 3.14. The molecule has 4 nitrogen and oxygen atoms in total. The average Bonchev–Trinajstić information content (AvgIpc) is 3.06. The SMILES string of the molecule is CN1CCN(Cc2ccc(C(=O)Cc3nc(C(C)(C)C)cs3)cc2)CC1. The molecular formula is C21H29N3OS. The first-order chi connectivity index (χ1) is 12.3. The van der Waals surface area contributed by atoms with Crippen molar-refractivity contribution in [3.05, 3.63) is 51.5 Å². The lowest BCUT2D eigenvalue weighted by molar-refractivity contribution is 0.0992. The maximum Gasteiger partial charge on any atom is 0.169 e. The fourth-order valence-electron chi connectivity index (χ4n) is 3.04. The highest BCUT2D eigenvalue weighted by molar-refractivity contribution is 7.09. The molecule has 0 spiro atoms. The van der Waals surface area contributed by atoms with Gasteiger partial charge in [0.1, 0.15) is 5.01 Å². The Bertz CT molecular complexity index is 737. The van der Waals surface area contributed by atoms with Crippen molar-refractivity contribution >= 4 is 17.1 Å². The van der Waals surface area contributed by atoms with Crippen LogP contribution >= 0.6 is 11.3 Å². The van der Waals surface area contributed by atoms with Crippen LogP contribution in [0.25, 0.3) is 0 Å². The van der Waals surface area contributed by atoms with Gasteiger partial charge in [-0.3, -0.25) is 9.69 Å². The first-order valence-electron chi connectivity index (χ1n) is 9.29. The van der Waals surface area contributed by atoms with E-state index in [-0.39, 0.29) is 11.2 Å². The highest BCUT2D eigenvalue weighted by Crippen LogP contribution is 2.24. The number of hydrogen-bond acceptors (Lipinski definition) is 5. The van der Waals surface area contributed by atoms with Gasteiger partial charge in [-0.15, -0.1) is 11.3 Å². The van der Waals surface area contributed by atoms with Gasteiger partial charge in [-0.1, -0.05) is 45.0 Å². The molecule has 1 saturated heterocycles. The molecule has 1 fully saturated rings. The van der Waals surface area contributed by atoms with Crippen LogP contribution in [0.4, 0.5) is 0 Å². The lowest BCUT2D eigenvalue weighted by Crippen LogP contribution is -2.43. The molecule has 1 aliphatic heterocycles. The monoisotopic (exact) mass is 371 g/mol. The van der Waals surface area contributed by atoms with Crippen molar-refractivity contribution in [1.82, 2.24) is 14.8 Å². The van der Waals surface area contributed by atoms with Crippen LogP contribution in [-0.4, -0.2) is 53.8 Å². The van der Waals surface area contributed by atoms with E-state index in [0.29, 0.717) is 6.42 Å². The Labute approximate surface area is 160 Å². The van der Waals surface area contributed by atoms with E-state index in [0.717, 1.165) is 49.0 Å². The molecule has 0 unspecified atom stereocenters. The van der Waals surface area contributed by atoms with E-state index in [9.17, 15) is 4.79 Å². The molecule has 0 saturated carbocycles. The number of thiazole rings is 1. The van der Waals surface area contributed by atoms with Crippen LogP contribution in [0.5, 0.6) is 0 Å². The maximum absolute atomic E-state index is 12.6. The number of nitrogens with zero attached hydrogens (tertiary/aromatic N) is 3. The second-order valence-corrected chi connectivity index (χ2v) is 9.20. The van der Waals surface area contributed by atoms with E-state index in [2.05, 4.69) is 60.1 Å². The Balaban J connectivity index is 1.57. The van der Waals surface area contributed by atoms with Gasteiger partial charge in [0.25, 0.3) is 0 Å². The van der Waals surface area contributed by atoms with E-state index in [1.54, 1.807) is 11.3 Å². The smallest absolute Gasteiger partial charge is 0.169 e. The van der Waals surface area contributed by atoms with Crippen LogP contribution in [0.2, 0.25) is 0 Å². The third-order valence-corrected chi connectivity index (χ3v) is 5.76. The van der Waals surface area contributed by atoms with Crippen molar-refractivity contribution < 1.29 is 4.79 Å². The first kappa shape index (κ1) is 19.2. The fraction of sp³-hybridized carbons (Fsp3) is 0.524. The van der Waals surface area contributed by atoms with Gasteiger partial charge in [-0.25, -0.2) is 4.98 Å². The summed E-state index contributed by atoms with van der Waals surface area (Å²) in [6, 6.07) is 8.11. The summed E-state index contributed by atoms with van der Waals surface area (Å²) < 4.78 is 0. The van der Waals surface area contributed by atoms with E-state index in [1.165, 1.54) is 5.56 Å². The molecule has 1 aromatic carbocycles. The van der Waals surface area contributed by atoms with Gasteiger partial charge in [-0.05, 0) is 12.6 Å². The van der Waals surface area contributed by atoms with Crippen LogP contribution in [0, 0.1) is 0 Å². The minimum Gasteiger partial charge on any atom is -0.304 e. The van der Waals surface area contributed by atoms with Gasteiger partial charge in [0, 0.05) is 49.1 Å².